The summed E-state index contributed by atoms with van der Waals surface area (Å²) in [5, 5.41) is 0. The molecule has 0 heterocycles. The van der Waals surface area contributed by atoms with Gasteiger partial charge >= 0.3 is 0 Å². The van der Waals surface area contributed by atoms with Crippen molar-refractivity contribution in [3.05, 3.63) is 24.0 Å². The maximum atomic E-state index is 13.9. The molecular formula is C18H29FN2O3S. The Morgan fingerprint density at radius 2 is 2.00 bits per heavy atom. The summed E-state index contributed by atoms with van der Waals surface area (Å²) in [6.07, 6.45) is 5.67. The predicted molar refractivity (Wildman–Crippen MR) is 96.5 cm³/mol. The third-order valence-electron chi connectivity index (χ3n) is 4.30. The highest BCUT2D eigenvalue weighted by molar-refractivity contribution is 7.89. The second-order valence-corrected chi connectivity index (χ2v) is 9.12. The van der Waals surface area contributed by atoms with Crippen LogP contribution in [0, 0.1) is 11.7 Å². The molecule has 2 rings (SSSR count). The van der Waals surface area contributed by atoms with Crippen molar-refractivity contribution in [3.8, 4) is 5.75 Å². The number of hydrogen-bond donors (Lipinski definition) is 2. The molecule has 1 aromatic carbocycles. The van der Waals surface area contributed by atoms with E-state index >= 15 is 0 Å². The average molecular weight is 373 g/mol. The van der Waals surface area contributed by atoms with Crippen LogP contribution in [0.25, 0.3) is 0 Å². The zero-order chi connectivity index (χ0) is 18.5. The summed E-state index contributed by atoms with van der Waals surface area (Å²) in [5.41, 5.74) is 4.89. The van der Waals surface area contributed by atoms with E-state index in [1.807, 2.05) is 13.8 Å². The summed E-state index contributed by atoms with van der Waals surface area (Å²) in [6, 6.07) is 3.68. The van der Waals surface area contributed by atoms with Crippen molar-refractivity contribution in [1.82, 2.24) is 4.72 Å². The van der Waals surface area contributed by atoms with E-state index < -0.39 is 21.4 Å². The Labute approximate surface area is 150 Å². The Hall–Kier alpha value is -1.18. The van der Waals surface area contributed by atoms with Crippen molar-refractivity contribution in [1.29, 1.82) is 0 Å². The second-order valence-electron chi connectivity index (χ2n) is 7.44. The van der Waals surface area contributed by atoms with Crippen LogP contribution in [-0.2, 0) is 10.0 Å². The lowest BCUT2D eigenvalue weighted by Crippen LogP contribution is -2.43. The van der Waals surface area contributed by atoms with Gasteiger partial charge in [0.2, 0.25) is 10.0 Å². The molecule has 25 heavy (non-hydrogen) atoms. The molecule has 1 aliphatic rings. The standard InChI is InChI=1S/C18H29FN2O3S/c1-18(2,10-4-3-5-11-20)21-25(22,23)15-8-9-16(19)17(12-15)24-13-14-6-7-14/h8-9,12,14,21H,3-7,10-11,13,20H2,1-2H3. The van der Waals surface area contributed by atoms with E-state index in [0.717, 1.165) is 38.2 Å². The van der Waals surface area contributed by atoms with E-state index in [-0.39, 0.29) is 10.6 Å². The molecule has 5 nitrogen and oxygen atoms in total. The van der Waals surface area contributed by atoms with E-state index in [2.05, 4.69) is 4.72 Å². The lowest BCUT2D eigenvalue weighted by Gasteiger charge is -2.26. The first-order valence-electron chi connectivity index (χ1n) is 8.90. The third kappa shape index (κ3) is 6.56. The Morgan fingerprint density at radius 3 is 2.64 bits per heavy atom. The zero-order valence-electron chi connectivity index (χ0n) is 15.1. The molecule has 0 saturated heterocycles. The van der Waals surface area contributed by atoms with Gasteiger partial charge in [-0.3, -0.25) is 0 Å². The number of benzene rings is 1. The summed E-state index contributed by atoms with van der Waals surface area (Å²) in [6.45, 7) is 4.77. The fraction of sp³-hybridized carbons (Fsp3) is 0.667. The van der Waals surface area contributed by atoms with Crippen molar-refractivity contribution in [2.24, 2.45) is 11.7 Å². The van der Waals surface area contributed by atoms with Crippen molar-refractivity contribution in [3.63, 3.8) is 0 Å². The first-order chi connectivity index (χ1) is 11.7. The van der Waals surface area contributed by atoms with E-state index in [1.165, 1.54) is 12.1 Å². The number of hydrogen-bond acceptors (Lipinski definition) is 4. The summed E-state index contributed by atoms with van der Waals surface area (Å²) in [7, 11) is -3.74. The molecule has 1 fully saturated rings. The average Bonchev–Trinajstić information content (AvgIpc) is 3.34. The summed E-state index contributed by atoms with van der Waals surface area (Å²) < 4.78 is 47.3. The van der Waals surface area contributed by atoms with Crippen LogP contribution in [0.4, 0.5) is 4.39 Å². The molecule has 0 aliphatic heterocycles. The van der Waals surface area contributed by atoms with E-state index in [0.29, 0.717) is 25.5 Å². The normalized spacial score (nSPS) is 15.4. The predicted octanol–water partition coefficient (Wildman–Crippen LogP) is 3.19. The van der Waals surface area contributed by atoms with Crippen molar-refractivity contribution in [2.45, 2.75) is 62.8 Å². The minimum absolute atomic E-state index is 0.00414. The van der Waals surface area contributed by atoms with Crippen LogP contribution in [0.1, 0.15) is 52.4 Å². The van der Waals surface area contributed by atoms with E-state index in [9.17, 15) is 12.8 Å². The molecule has 7 heteroatoms. The highest BCUT2D eigenvalue weighted by Gasteiger charge is 2.27. The summed E-state index contributed by atoms with van der Waals surface area (Å²) in [5.74, 6) is -0.0820. The van der Waals surface area contributed by atoms with Crippen LogP contribution >= 0.6 is 0 Å². The number of sulfonamides is 1. The molecule has 0 atom stereocenters. The molecule has 0 radical (unpaired) electrons. The lowest BCUT2D eigenvalue weighted by atomic mass is 9.98. The van der Waals surface area contributed by atoms with Gasteiger partial charge in [0.1, 0.15) is 0 Å². The van der Waals surface area contributed by atoms with Crippen molar-refractivity contribution >= 4 is 10.0 Å². The van der Waals surface area contributed by atoms with Gasteiger partial charge in [-0.15, -0.1) is 0 Å². The molecule has 1 aliphatic carbocycles. The van der Waals surface area contributed by atoms with Gasteiger partial charge in [-0.05, 0) is 64.1 Å². The molecule has 1 aromatic rings. The fourth-order valence-electron chi connectivity index (χ4n) is 2.62. The Morgan fingerprint density at radius 1 is 1.28 bits per heavy atom. The molecule has 142 valence electrons. The van der Waals surface area contributed by atoms with Crippen LogP contribution in [0.3, 0.4) is 0 Å². The molecule has 0 bridgehead atoms. The molecule has 0 unspecified atom stereocenters. The number of nitrogens with one attached hydrogen (secondary N) is 1. The molecule has 1 saturated carbocycles. The first kappa shape index (κ1) is 20.1. The van der Waals surface area contributed by atoms with Gasteiger partial charge in [-0.2, -0.15) is 0 Å². The van der Waals surface area contributed by atoms with E-state index in [1.54, 1.807) is 0 Å². The largest absolute Gasteiger partial charge is 0.490 e. The smallest absolute Gasteiger partial charge is 0.241 e. The van der Waals surface area contributed by atoms with Gasteiger partial charge in [0.15, 0.2) is 11.6 Å². The number of rotatable bonds is 11. The van der Waals surface area contributed by atoms with Gasteiger partial charge in [0.25, 0.3) is 0 Å². The second kappa shape index (κ2) is 8.47. The summed E-state index contributed by atoms with van der Waals surface area (Å²) >= 11 is 0. The van der Waals surface area contributed by atoms with Crippen LogP contribution in [0.5, 0.6) is 5.75 Å². The third-order valence-corrected chi connectivity index (χ3v) is 6.00. The Kier molecular flexibility index (Phi) is 6.82. The number of halogens is 1. The monoisotopic (exact) mass is 372 g/mol. The van der Waals surface area contributed by atoms with Crippen LogP contribution in [-0.4, -0.2) is 27.1 Å². The van der Waals surface area contributed by atoms with Gasteiger partial charge in [-0.25, -0.2) is 17.5 Å². The maximum absolute atomic E-state index is 13.9. The van der Waals surface area contributed by atoms with Gasteiger partial charge in [0, 0.05) is 11.6 Å². The molecule has 0 aromatic heterocycles. The van der Waals surface area contributed by atoms with Crippen molar-refractivity contribution in [2.75, 3.05) is 13.2 Å². The molecule has 0 amide bonds. The first-order valence-corrected chi connectivity index (χ1v) is 10.4. The minimum atomic E-state index is -3.74. The molecule has 0 spiro atoms. The van der Waals surface area contributed by atoms with Gasteiger partial charge < -0.3 is 10.5 Å². The highest BCUT2D eigenvalue weighted by Crippen LogP contribution is 2.31. The Balaban J connectivity index is 2.03. The lowest BCUT2D eigenvalue weighted by molar-refractivity contribution is 0.284. The quantitative estimate of drug-likeness (QED) is 0.585. The molecular weight excluding hydrogens is 343 g/mol. The van der Waals surface area contributed by atoms with Gasteiger partial charge in [0.05, 0.1) is 11.5 Å². The van der Waals surface area contributed by atoms with E-state index in [4.69, 9.17) is 10.5 Å². The fourth-order valence-corrected chi connectivity index (χ4v) is 4.07. The SMILES string of the molecule is CC(C)(CCCCCN)NS(=O)(=O)c1ccc(F)c(OCC2CC2)c1. The van der Waals surface area contributed by atoms with Crippen LogP contribution < -0.4 is 15.2 Å². The summed E-state index contributed by atoms with van der Waals surface area (Å²) in [4.78, 5) is 0.0229. The number of nitrogens with two attached hydrogens (primary N) is 1. The van der Waals surface area contributed by atoms with Crippen LogP contribution in [0.2, 0.25) is 0 Å². The van der Waals surface area contributed by atoms with Crippen LogP contribution in [0.15, 0.2) is 23.1 Å². The minimum Gasteiger partial charge on any atom is -0.490 e. The number of ether oxygens (including phenoxy) is 1. The maximum Gasteiger partial charge on any atom is 0.241 e. The van der Waals surface area contributed by atoms with Gasteiger partial charge in [-0.1, -0.05) is 12.8 Å². The van der Waals surface area contributed by atoms with Crippen molar-refractivity contribution < 1.29 is 17.5 Å². The zero-order valence-corrected chi connectivity index (χ0v) is 15.9. The molecule has 3 N–H and O–H groups in total. The topological polar surface area (TPSA) is 81.4 Å². The number of unbranched alkanes of at least 4 members (excludes halogenated alkanes) is 2. The highest BCUT2D eigenvalue weighted by atomic mass is 32.2. The Bertz CT molecular complexity index is 673.